The summed E-state index contributed by atoms with van der Waals surface area (Å²) < 4.78 is 13.9. The van der Waals surface area contributed by atoms with Crippen LogP contribution in [0.2, 0.25) is 0 Å². The maximum Gasteiger partial charge on any atom is 0.240 e. The summed E-state index contributed by atoms with van der Waals surface area (Å²) in [5.74, 6) is -1.01. The molecule has 2 heterocycles. The molecule has 1 fully saturated rings. The van der Waals surface area contributed by atoms with Crippen LogP contribution in [0.4, 0.5) is 10.1 Å². The molecule has 2 amide bonds. The van der Waals surface area contributed by atoms with E-state index in [2.05, 4.69) is 36.8 Å². The Morgan fingerprint density at radius 2 is 2.04 bits per heavy atom. The summed E-state index contributed by atoms with van der Waals surface area (Å²) in [4.78, 5) is 25.1. The normalized spacial score (nSPS) is 18.6. The summed E-state index contributed by atoms with van der Waals surface area (Å²) in [7, 11) is 0. The number of nitrogens with zero attached hydrogens (tertiary/aromatic N) is 2. The highest BCUT2D eigenvalue weighted by atomic mass is 79.9. The van der Waals surface area contributed by atoms with E-state index in [1.54, 1.807) is 0 Å². The molecule has 6 nitrogen and oxygen atoms in total. The van der Waals surface area contributed by atoms with Crippen LogP contribution in [0.1, 0.15) is 18.2 Å². The van der Waals surface area contributed by atoms with Crippen molar-refractivity contribution in [1.82, 2.24) is 5.32 Å². The highest BCUT2D eigenvalue weighted by molar-refractivity contribution is 9.11. The Labute approximate surface area is 171 Å². The van der Waals surface area contributed by atoms with Gasteiger partial charge in [0.25, 0.3) is 0 Å². The third kappa shape index (κ3) is 5.47. The van der Waals surface area contributed by atoms with E-state index in [1.165, 1.54) is 35.6 Å². The van der Waals surface area contributed by atoms with E-state index >= 15 is 0 Å². The molecule has 1 aliphatic heterocycles. The molecule has 3 rings (SSSR count). The lowest BCUT2D eigenvalue weighted by molar-refractivity contribution is -0.122. The highest BCUT2D eigenvalue weighted by Gasteiger charge is 2.32. The molecule has 0 bridgehead atoms. The molecule has 10 heteroatoms. The summed E-state index contributed by atoms with van der Waals surface area (Å²) in [6, 6.07) is 9.28. The highest BCUT2D eigenvalue weighted by Crippen LogP contribution is 2.25. The van der Waals surface area contributed by atoms with Gasteiger partial charge in [-0.3, -0.25) is 9.59 Å². The summed E-state index contributed by atoms with van der Waals surface area (Å²) in [6.07, 6.45) is -0.0204. The van der Waals surface area contributed by atoms with Crippen molar-refractivity contribution in [3.63, 3.8) is 0 Å². The van der Waals surface area contributed by atoms with Gasteiger partial charge < -0.3 is 10.6 Å². The number of carbonyl (C=O) groups excluding carboxylic acids is 2. The van der Waals surface area contributed by atoms with E-state index in [1.807, 2.05) is 19.1 Å². The number of hydrogen-bond donors (Lipinski definition) is 2. The number of halogens is 2. The first kappa shape index (κ1) is 19.7. The van der Waals surface area contributed by atoms with E-state index in [-0.39, 0.29) is 24.1 Å². The lowest BCUT2D eigenvalue weighted by atomic mass is 10.2. The number of thioether (sulfide) groups is 1. The molecule has 1 saturated heterocycles. The van der Waals surface area contributed by atoms with Gasteiger partial charge in [0.15, 0.2) is 5.17 Å². The van der Waals surface area contributed by atoms with Crippen LogP contribution in [0.5, 0.6) is 0 Å². The summed E-state index contributed by atoms with van der Waals surface area (Å²) in [5.41, 5.74) is 1.20. The standard InChI is InChI=1S/C17H14BrFN4O2S2/c1-9(12-6-7-14(18)26-12)22-23-17-21-16(25)13(27-17)8-15(24)20-11-4-2-10(19)3-5-11/h2-7,13H,8H2,1H3,(H,20,24)(H,21,23,25)/b22-9+. The van der Waals surface area contributed by atoms with Crippen LogP contribution in [0.3, 0.4) is 0 Å². The summed E-state index contributed by atoms with van der Waals surface area (Å²) >= 11 is 6.09. The number of amidine groups is 1. The van der Waals surface area contributed by atoms with Gasteiger partial charge in [0.2, 0.25) is 11.8 Å². The molecule has 0 saturated carbocycles. The quantitative estimate of drug-likeness (QED) is 0.513. The maximum atomic E-state index is 12.9. The Bertz CT molecular complexity index is 927. The van der Waals surface area contributed by atoms with Crippen LogP contribution in [0.15, 0.2) is 50.4 Å². The van der Waals surface area contributed by atoms with E-state index in [0.29, 0.717) is 10.9 Å². The lowest BCUT2D eigenvalue weighted by Gasteiger charge is -2.07. The average Bonchev–Trinajstić information content (AvgIpc) is 3.21. The van der Waals surface area contributed by atoms with Gasteiger partial charge >= 0.3 is 0 Å². The van der Waals surface area contributed by atoms with Crippen molar-refractivity contribution in [3.05, 3.63) is 50.9 Å². The van der Waals surface area contributed by atoms with Crippen molar-refractivity contribution in [1.29, 1.82) is 0 Å². The minimum absolute atomic E-state index is 0.0204. The Morgan fingerprint density at radius 3 is 2.70 bits per heavy atom. The minimum atomic E-state index is -0.587. The summed E-state index contributed by atoms with van der Waals surface area (Å²) in [5, 5.41) is 13.2. The first-order valence-electron chi connectivity index (χ1n) is 7.81. The van der Waals surface area contributed by atoms with E-state index < -0.39 is 5.25 Å². The number of benzene rings is 1. The minimum Gasteiger partial charge on any atom is -0.326 e. The van der Waals surface area contributed by atoms with Gasteiger partial charge in [-0.05, 0) is 59.3 Å². The van der Waals surface area contributed by atoms with Gasteiger partial charge in [-0.15, -0.1) is 16.4 Å². The van der Waals surface area contributed by atoms with E-state index in [4.69, 9.17) is 0 Å². The predicted octanol–water partition coefficient (Wildman–Crippen LogP) is 3.99. The number of nitrogens with one attached hydrogen (secondary N) is 2. The first-order valence-corrected chi connectivity index (χ1v) is 10.3. The molecule has 1 atom stereocenters. The summed E-state index contributed by atoms with van der Waals surface area (Å²) in [6.45, 7) is 1.83. The van der Waals surface area contributed by atoms with Crippen molar-refractivity contribution in [2.24, 2.45) is 10.2 Å². The molecule has 1 aromatic carbocycles. The smallest absolute Gasteiger partial charge is 0.240 e. The van der Waals surface area contributed by atoms with Gasteiger partial charge in [0.1, 0.15) is 11.1 Å². The Hall–Kier alpha value is -2.04. The molecule has 1 aromatic heterocycles. The van der Waals surface area contributed by atoms with Crippen molar-refractivity contribution in [2.75, 3.05) is 5.32 Å². The van der Waals surface area contributed by atoms with Gasteiger partial charge in [0, 0.05) is 12.1 Å². The molecular formula is C17H14BrFN4O2S2. The molecule has 2 N–H and O–H groups in total. The van der Waals surface area contributed by atoms with Crippen molar-refractivity contribution in [3.8, 4) is 0 Å². The second-order valence-corrected chi connectivity index (χ2v) is 9.20. The number of rotatable bonds is 5. The second kappa shape index (κ2) is 8.77. The van der Waals surface area contributed by atoms with Crippen molar-refractivity contribution >= 4 is 67.4 Å². The van der Waals surface area contributed by atoms with Crippen LogP contribution < -0.4 is 10.6 Å². The topological polar surface area (TPSA) is 82.9 Å². The van der Waals surface area contributed by atoms with Crippen LogP contribution in [-0.2, 0) is 9.59 Å². The molecule has 0 spiro atoms. The maximum absolute atomic E-state index is 12.9. The van der Waals surface area contributed by atoms with Gasteiger partial charge in [-0.2, -0.15) is 5.10 Å². The third-order valence-electron chi connectivity index (χ3n) is 3.50. The molecule has 0 aliphatic carbocycles. The number of anilines is 1. The predicted molar refractivity (Wildman–Crippen MR) is 111 cm³/mol. The van der Waals surface area contributed by atoms with Crippen molar-refractivity contribution < 1.29 is 14.0 Å². The van der Waals surface area contributed by atoms with Crippen LogP contribution in [0, 0.1) is 5.82 Å². The first-order chi connectivity index (χ1) is 12.9. The molecular weight excluding hydrogens is 455 g/mol. The fraction of sp³-hybridized carbons (Fsp3) is 0.176. The third-order valence-corrected chi connectivity index (χ3v) is 6.30. The average molecular weight is 469 g/mol. The van der Waals surface area contributed by atoms with Crippen LogP contribution in [0.25, 0.3) is 0 Å². The Morgan fingerprint density at radius 1 is 1.30 bits per heavy atom. The lowest BCUT2D eigenvalue weighted by Crippen LogP contribution is -2.28. The number of amides is 2. The molecule has 0 radical (unpaired) electrons. The van der Waals surface area contributed by atoms with Crippen LogP contribution >= 0.6 is 39.0 Å². The van der Waals surface area contributed by atoms with E-state index in [9.17, 15) is 14.0 Å². The van der Waals surface area contributed by atoms with E-state index in [0.717, 1.165) is 26.1 Å². The zero-order valence-electron chi connectivity index (χ0n) is 14.0. The number of carbonyl (C=O) groups is 2. The zero-order chi connectivity index (χ0) is 19.4. The van der Waals surface area contributed by atoms with Gasteiger partial charge in [-0.1, -0.05) is 11.8 Å². The second-order valence-electron chi connectivity index (χ2n) is 5.55. The monoisotopic (exact) mass is 468 g/mol. The zero-order valence-corrected chi connectivity index (χ0v) is 17.3. The molecule has 140 valence electrons. The Balaban J connectivity index is 1.58. The fourth-order valence-corrected chi connectivity index (χ4v) is 4.42. The number of thiophene rings is 1. The van der Waals surface area contributed by atoms with Crippen molar-refractivity contribution in [2.45, 2.75) is 18.6 Å². The van der Waals surface area contributed by atoms with Crippen LogP contribution in [-0.4, -0.2) is 27.9 Å². The van der Waals surface area contributed by atoms with Gasteiger partial charge in [0.05, 0.1) is 14.4 Å². The molecule has 27 heavy (non-hydrogen) atoms. The Kier molecular flexibility index (Phi) is 6.40. The SMILES string of the molecule is C/C(=N\N=C1\NC(=O)C(CC(=O)Nc2ccc(F)cc2)S1)c1ccc(Br)s1. The molecule has 1 aliphatic rings. The number of hydrogen-bond acceptors (Lipinski definition) is 6. The fourth-order valence-electron chi connectivity index (χ4n) is 2.18. The largest absolute Gasteiger partial charge is 0.326 e. The molecule has 1 unspecified atom stereocenters. The van der Waals surface area contributed by atoms with Gasteiger partial charge in [-0.25, -0.2) is 4.39 Å². The molecule has 2 aromatic rings.